The van der Waals surface area contributed by atoms with Crippen LogP contribution >= 0.6 is 15.9 Å². The van der Waals surface area contributed by atoms with Crippen molar-refractivity contribution in [3.05, 3.63) is 85.5 Å². The van der Waals surface area contributed by atoms with Gasteiger partial charge in [-0.2, -0.15) is 0 Å². The molecule has 3 amide bonds. The molecule has 7 atom stereocenters. The van der Waals surface area contributed by atoms with E-state index in [1.807, 2.05) is 37.3 Å². The number of nitrogens with zero attached hydrogens (tertiary/aromatic N) is 3. The lowest BCUT2D eigenvalue weighted by molar-refractivity contribution is -0.147. The van der Waals surface area contributed by atoms with E-state index >= 15 is 0 Å². The fourth-order valence-electron chi connectivity index (χ4n) is 7.45. The number of hydrogen-bond acceptors (Lipinski definition) is 6. The minimum absolute atomic E-state index is 0.180. The Morgan fingerprint density at radius 1 is 1.13 bits per heavy atom. The molecular weight excluding hydrogens is 638 g/mol. The zero-order valence-electron chi connectivity index (χ0n) is 25.9. The predicted octanol–water partition coefficient (Wildman–Crippen LogP) is 3.99. The number of ether oxygens (including phenoxy) is 2. The number of aliphatic hydroxyl groups is 1. The van der Waals surface area contributed by atoms with Crippen molar-refractivity contribution in [1.82, 2.24) is 9.80 Å². The van der Waals surface area contributed by atoms with Gasteiger partial charge in [-0.3, -0.25) is 14.4 Å². The monoisotopic (exact) mass is 679 g/mol. The Morgan fingerprint density at radius 3 is 2.42 bits per heavy atom. The van der Waals surface area contributed by atoms with Crippen molar-refractivity contribution < 1.29 is 29.0 Å². The number of aliphatic hydroxyl groups excluding tert-OH is 1. The molecular formula is C35H42BrN3O6. The Balaban J connectivity index is 1.62. The molecule has 5 rings (SSSR count). The molecule has 1 spiro atoms. The van der Waals surface area contributed by atoms with Gasteiger partial charge in [0, 0.05) is 30.1 Å². The van der Waals surface area contributed by atoms with Gasteiger partial charge in [-0.25, -0.2) is 0 Å². The minimum Gasteiger partial charge on any atom is -0.497 e. The van der Waals surface area contributed by atoms with E-state index in [0.717, 1.165) is 12.0 Å². The lowest BCUT2D eigenvalue weighted by Crippen LogP contribution is -2.59. The zero-order chi connectivity index (χ0) is 32.3. The van der Waals surface area contributed by atoms with Crippen molar-refractivity contribution in [2.24, 2.45) is 11.8 Å². The number of benzene rings is 2. The molecule has 2 bridgehead atoms. The number of anilines is 1. The normalized spacial score (nSPS) is 27.2. The quantitative estimate of drug-likeness (QED) is 0.240. The Hall–Kier alpha value is -3.47. The number of halogens is 1. The van der Waals surface area contributed by atoms with Gasteiger partial charge >= 0.3 is 0 Å². The maximum absolute atomic E-state index is 14.9. The fraction of sp³-hybridized carbons (Fsp3) is 0.457. The van der Waals surface area contributed by atoms with E-state index in [1.54, 1.807) is 53.3 Å². The molecule has 3 aliphatic heterocycles. The summed E-state index contributed by atoms with van der Waals surface area (Å²) in [6.45, 7) is 10.4. The van der Waals surface area contributed by atoms with Crippen LogP contribution in [-0.4, -0.2) is 94.6 Å². The van der Waals surface area contributed by atoms with Gasteiger partial charge in [0.25, 0.3) is 5.91 Å². The number of amides is 3. The second-order valence-corrected chi connectivity index (χ2v) is 13.1. The summed E-state index contributed by atoms with van der Waals surface area (Å²) in [5.74, 6) is -1.90. The van der Waals surface area contributed by atoms with Crippen molar-refractivity contribution in [2.75, 3.05) is 38.3 Å². The van der Waals surface area contributed by atoms with Gasteiger partial charge in [-0.05, 0) is 49.1 Å². The van der Waals surface area contributed by atoms with Crippen LogP contribution < -0.4 is 9.64 Å². The van der Waals surface area contributed by atoms with Gasteiger partial charge in [-0.1, -0.05) is 65.3 Å². The summed E-state index contributed by atoms with van der Waals surface area (Å²) in [6.07, 6.45) is 4.18. The fourth-order valence-corrected chi connectivity index (χ4v) is 8.39. The average Bonchev–Trinajstić information content (AvgIpc) is 3.65. The number of rotatable bonds is 14. The Kier molecular flexibility index (Phi) is 10.2. The largest absolute Gasteiger partial charge is 0.497 e. The van der Waals surface area contributed by atoms with Crippen LogP contribution in [0.3, 0.4) is 0 Å². The SMILES string of the molecule is C=CCN(CCC)C(=O)[C@H]1[C@@H]2OC3(CC2Br)C(C(=O)N(CC=C)c2ccc(OC)cc2)N([C@@H](CO)Cc2ccccc2)C(=O)[C@H]13. The summed E-state index contributed by atoms with van der Waals surface area (Å²) in [7, 11) is 1.57. The third kappa shape index (κ3) is 5.84. The standard InChI is InChI=1S/C35H42BrN3O6/c1-5-17-37(18-6-2)32(41)28-29-33(42)39(25(22-40)20-23-11-9-8-10-12-23)31(35(29)21-27(36)30(28)45-35)34(43)38(19-7-3)24-13-15-26(44-4)16-14-24/h5,7-16,25,27-31,40H,1,3,6,17-22H2,2,4H3/t25-,27?,28-,29+,30-,31?,35?/m1/s1. The molecule has 240 valence electrons. The molecule has 0 saturated carbocycles. The first-order valence-electron chi connectivity index (χ1n) is 15.5. The lowest BCUT2D eigenvalue weighted by Gasteiger charge is -2.39. The highest BCUT2D eigenvalue weighted by atomic mass is 79.9. The third-order valence-corrected chi connectivity index (χ3v) is 10.1. The Labute approximate surface area is 273 Å². The van der Waals surface area contributed by atoms with Gasteiger partial charge in [0.15, 0.2) is 0 Å². The number of methoxy groups -OCH3 is 1. The number of carbonyl (C=O) groups excluding carboxylic acids is 3. The third-order valence-electron chi connectivity index (χ3n) is 9.28. The smallest absolute Gasteiger partial charge is 0.253 e. The molecule has 0 aliphatic carbocycles. The van der Waals surface area contributed by atoms with E-state index in [0.29, 0.717) is 37.4 Å². The molecule has 45 heavy (non-hydrogen) atoms. The summed E-state index contributed by atoms with van der Waals surface area (Å²) in [4.78, 5) is 48.5. The molecule has 10 heteroatoms. The van der Waals surface area contributed by atoms with Crippen LogP contribution in [0, 0.1) is 11.8 Å². The number of hydrogen-bond donors (Lipinski definition) is 1. The molecule has 3 unspecified atom stereocenters. The lowest BCUT2D eigenvalue weighted by atomic mass is 9.70. The number of likely N-dealkylation sites (tertiary alicyclic amines) is 1. The molecule has 9 nitrogen and oxygen atoms in total. The zero-order valence-corrected chi connectivity index (χ0v) is 27.5. The average molecular weight is 681 g/mol. The molecule has 2 aromatic rings. The van der Waals surface area contributed by atoms with Gasteiger partial charge < -0.3 is 29.3 Å². The summed E-state index contributed by atoms with van der Waals surface area (Å²) in [5.41, 5.74) is 0.252. The van der Waals surface area contributed by atoms with Crippen LogP contribution in [0.25, 0.3) is 0 Å². The highest BCUT2D eigenvalue weighted by Crippen LogP contribution is 2.61. The van der Waals surface area contributed by atoms with Crippen molar-refractivity contribution in [1.29, 1.82) is 0 Å². The second kappa shape index (κ2) is 13.9. The van der Waals surface area contributed by atoms with Crippen molar-refractivity contribution >= 4 is 39.3 Å². The van der Waals surface area contributed by atoms with E-state index in [2.05, 4.69) is 29.1 Å². The summed E-state index contributed by atoms with van der Waals surface area (Å²) in [5, 5.41) is 10.8. The molecule has 3 fully saturated rings. The number of carbonyl (C=O) groups is 3. The molecule has 0 aromatic heterocycles. The Bertz CT molecular complexity index is 1400. The first-order chi connectivity index (χ1) is 21.8. The maximum Gasteiger partial charge on any atom is 0.253 e. The van der Waals surface area contributed by atoms with Crippen molar-refractivity contribution in [3.8, 4) is 5.75 Å². The summed E-state index contributed by atoms with van der Waals surface area (Å²) in [6, 6.07) is 14.9. The van der Waals surface area contributed by atoms with Crippen LogP contribution in [0.4, 0.5) is 5.69 Å². The van der Waals surface area contributed by atoms with Crippen LogP contribution in [0.5, 0.6) is 5.75 Å². The van der Waals surface area contributed by atoms with E-state index in [1.165, 1.54) is 4.90 Å². The van der Waals surface area contributed by atoms with E-state index in [-0.39, 0.29) is 35.7 Å². The van der Waals surface area contributed by atoms with Crippen molar-refractivity contribution in [3.63, 3.8) is 0 Å². The van der Waals surface area contributed by atoms with Crippen molar-refractivity contribution in [2.45, 2.75) is 54.8 Å². The molecule has 0 radical (unpaired) electrons. The van der Waals surface area contributed by atoms with Crippen LogP contribution in [0.2, 0.25) is 0 Å². The van der Waals surface area contributed by atoms with Crippen LogP contribution in [0.15, 0.2) is 79.9 Å². The maximum atomic E-state index is 14.9. The van der Waals surface area contributed by atoms with Gasteiger partial charge in [-0.15, -0.1) is 13.2 Å². The van der Waals surface area contributed by atoms with Crippen LogP contribution in [-0.2, 0) is 25.5 Å². The number of fused-ring (bicyclic) bond motifs is 1. The molecule has 1 N–H and O–H groups in total. The molecule has 3 saturated heterocycles. The second-order valence-electron chi connectivity index (χ2n) is 11.9. The first kappa shape index (κ1) is 32.9. The van der Waals surface area contributed by atoms with E-state index in [4.69, 9.17) is 9.47 Å². The molecule has 3 aliphatic rings. The molecule has 3 heterocycles. The minimum atomic E-state index is -1.27. The first-order valence-corrected chi connectivity index (χ1v) is 16.4. The predicted molar refractivity (Wildman–Crippen MR) is 176 cm³/mol. The summed E-state index contributed by atoms with van der Waals surface area (Å²) < 4.78 is 12.1. The summed E-state index contributed by atoms with van der Waals surface area (Å²) >= 11 is 3.77. The van der Waals surface area contributed by atoms with Gasteiger partial charge in [0.2, 0.25) is 11.8 Å². The van der Waals surface area contributed by atoms with E-state index in [9.17, 15) is 19.5 Å². The highest BCUT2D eigenvalue weighted by molar-refractivity contribution is 9.09. The molecule has 2 aromatic carbocycles. The van der Waals surface area contributed by atoms with Crippen LogP contribution in [0.1, 0.15) is 25.3 Å². The topological polar surface area (TPSA) is 99.6 Å². The highest BCUT2D eigenvalue weighted by Gasteiger charge is 2.77. The Morgan fingerprint density at radius 2 is 1.82 bits per heavy atom. The van der Waals surface area contributed by atoms with Gasteiger partial charge in [0.1, 0.15) is 17.4 Å². The van der Waals surface area contributed by atoms with E-state index < -0.39 is 35.6 Å². The number of alkyl halides is 1. The van der Waals surface area contributed by atoms with Gasteiger partial charge in [0.05, 0.1) is 37.7 Å².